The number of halogens is 7. The van der Waals surface area contributed by atoms with Crippen LogP contribution in [0.1, 0.15) is 47.2 Å². The molecule has 1 aliphatic heterocycles. The van der Waals surface area contributed by atoms with E-state index >= 15 is 0 Å². The molecule has 0 spiro atoms. The number of rotatable bonds is 5. The fourth-order valence-corrected chi connectivity index (χ4v) is 4.67. The van der Waals surface area contributed by atoms with Crippen LogP contribution in [0.15, 0.2) is 40.9 Å². The van der Waals surface area contributed by atoms with E-state index in [1.807, 2.05) is 5.01 Å². The number of nitrogens with one attached hydrogen (secondary N) is 1. The summed E-state index contributed by atoms with van der Waals surface area (Å²) in [5.41, 5.74) is 3.87. The summed E-state index contributed by atoms with van der Waals surface area (Å²) in [5, 5.41) is 2.12. The molecule has 1 amide bonds. The Hall–Kier alpha value is -1.25. The Balaban J connectivity index is 2.11. The molecule has 1 aliphatic rings. The van der Waals surface area contributed by atoms with Crippen molar-refractivity contribution in [3.63, 3.8) is 0 Å². The van der Waals surface area contributed by atoms with Crippen LogP contribution in [0.2, 0.25) is 15.1 Å². The average Bonchev–Trinajstić information content (AvgIpc) is 2.72. The van der Waals surface area contributed by atoms with E-state index in [1.54, 1.807) is 18.2 Å². The normalized spacial score (nSPS) is 15.7. The third-order valence-corrected chi connectivity index (χ3v) is 6.83. The largest absolute Gasteiger partial charge is 0.392 e. The standard InChI is InChI=1S/C22H19BrCl3F3N2O/c23-16-6-4-5-15(21(32)30-31-9-2-1-3-10-31)19(16)14(7-8-22(27,28)29)13-11-17(24)20(26)18(25)12-13/h4-7,11-12H,1-3,8-10H2,(H,30,32)/b14-7+. The van der Waals surface area contributed by atoms with Crippen LogP contribution < -0.4 is 5.43 Å². The van der Waals surface area contributed by atoms with Gasteiger partial charge < -0.3 is 0 Å². The third-order valence-electron chi connectivity index (χ3n) is 4.98. The van der Waals surface area contributed by atoms with Crippen LogP contribution in [-0.2, 0) is 0 Å². The van der Waals surface area contributed by atoms with E-state index in [9.17, 15) is 18.0 Å². The first-order valence-electron chi connectivity index (χ1n) is 9.83. The van der Waals surface area contributed by atoms with Gasteiger partial charge in [0.25, 0.3) is 5.91 Å². The molecule has 10 heteroatoms. The fourth-order valence-electron chi connectivity index (χ4n) is 3.49. The molecule has 1 N–H and O–H groups in total. The van der Waals surface area contributed by atoms with Gasteiger partial charge in [-0.1, -0.05) is 69.3 Å². The monoisotopic (exact) mass is 568 g/mol. The van der Waals surface area contributed by atoms with Gasteiger partial charge in [0.05, 0.1) is 21.5 Å². The van der Waals surface area contributed by atoms with Crippen LogP contribution in [0.25, 0.3) is 5.57 Å². The number of piperidine rings is 1. The zero-order valence-electron chi connectivity index (χ0n) is 16.7. The summed E-state index contributed by atoms with van der Waals surface area (Å²) >= 11 is 21.7. The Labute approximate surface area is 207 Å². The number of hydrazine groups is 1. The minimum Gasteiger partial charge on any atom is -0.285 e. The topological polar surface area (TPSA) is 32.3 Å². The molecule has 1 heterocycles. The number of carbonyl (C=O) groups excluding carboxylic acids is 1. The summed E-state index contributed by atoms with van der Waals surface area (Å²) in [7, 11) is 0. The molecule has 0 atom stereocenters. The summed E-state index contributed by atoms with van der Waals surface area (Å²) in [5.74, 6) is -0.410. The Morgan fingerprint density at radius 1 is 1.09 bits per heavy atom. The second kappa shape index (κ2) is 10.8. The third kappa shape index (κ3) is 6.41. The molecule has 2 aromatic rings. The van der Waals surface area contributed by atoms with Crippen LogP contribution in [0.5, 0.6) is 0 Å². The highest BCUT2D eigenvalue weighted by Crippen LogP contribution is 2.39. The van der Waals surface area contributed by atoms with Gasteiger partial charge in [-0.05, 0) is 48.2 Å². The molecule has 3 rings (SSSR count). The van der Waals surface area contributed by atoms with Crippen LogP contribution in [0, 0.1) is 0 Å². The molecule has 0 unspecified atom stereocenters. The lowest BCUT2D eigenvalue weighted by atomic mass is 9.92. The number of nitrogens with zero attached hydrogens (tertiary/aromatic N) is 1. The molecule has 2 aromatic carbocycles. The predicted molar refractivity (Wildman–Crippen MR) is 126 cm³/mol. The van der Waals surface area contributed by atoms with E-state index in [4.69, 9.17) is 34.8 Å². The Kier molecular flexibility index (Phi) is 8.55. The predicted octanol–water partition coefficient (Wildman–Crippen LogP) is 7.92. The number of benzene rings is 2. The quantitative estimate of drug-likeness (QED) is 0.371. The lowest BCUT2D eigenvalue weighted by Crippen LogP contribution is -2.45. The zero-order chi connectivity index (χ0) is 23.5. The summed E-state index contributed by atoms with van der Waals surface area (Å²) in [6.07, 6.45) is -1.60. The van der Waals surface area contributed by atoms with Crippen molar-refractivity contribution in [1.29, 1.82) is 0 Å². The second-order valence-corrected chi connectivity index (χ2v) is 9.39. The Morgan fingerprint density at radius 3 is 2.31 bits per heavy atom. The molecule has 3 nitrogen and oxygen atoms in total. The summed E-state index contributed by atoms with van der Waals surface area (Å²) < 4.78 is 39.8. The van der Waals surface area contributed by atoms with Gasteiger partial charge in [0.2, 0.25) is 0 Å². The highest BCUT2D eigenvalue weighted by atomic mass is 79.9. The number of hydrogen-bond acceptors (Lipinski definition) is 2. The molecule has 0 aromatic heterocycles. The maximum Gasteiger partial charge on any atom is 0.392 e. The lowest BCUT2D eigenvalue weighted by Gasteiger charge is -2.27. The average molecular weight is 571 g/mol. The summed E-state index contributed by atoms with van der Waals surface area (Å²) in [4.78, 5) is 13.1. The van der Waals surface area contributed by atoms with Gasteiger partial charge in [0.1, 0.15) is 0 Å². The number of amides is 1. The molecule has 0 aliphatic carbocycles. The number of alkyl halides is 3. The molecule has 1 fully saturated rings. The molecule has 0 saturated carbocycles. The minimum absolute atomic E-state index is 0.0958. The number of carbonyl (C=O) groups is 1. The van der Waals surface area contributed by atoms with Gasteiger partial charge in [0.15, 0.2) is 0 Å². The van der Waals surface area contributed by atoms with Gasteiger partial charge >= 0.3 is 6.18 Å². The second-order valence-electron chi connectivity index (χ2n) is 7.34. The van der Waals surface area contributed by atoms with Gasteiger partial charge in [-0.3, -0.25) is 10.2 Å². The molecule has 0 bridgehead atoms. The number of hydrogen-bond donors (Lipinski definition) is 1. The van der Waals surface area contributed by atoms with Gasteiger partial charge in [0, 0.05) is 28.7 Å². The Bertz CT molecular complexity index is 1010. The van der Waals surface area contributed by atoms with Crippen molar-refractivity contribution in [3.8, 4) is 0 Å². The van der Waals surface area contributed by atoms with Crippen molar-refractivity contribution in [2.75, 3.05) is 13.1 Å². The van der Waals surface area contributed by atoms with Gasteiger partial charge in [-0.25, -0.2) is 5.01 Å². The lowest BCUT2D eigenvalue weighted by molar-refractivity contribution is -0.124. The van der Waals surface area contributed by atoms with E-state index in [1.165, 1.54) is 12.1 Å². The summed E-state index contributed by atoms with van der Waals surface area (Å²) in [6.45, 7) is 1.43. The van der Waals surface area contributed by atoms with Crippen molar-refractivity contribution >= 4 is 62.2 Å². The maximum absolute atomic E-state index is 13.1. The van der Waals surface area contributed by atoms with E-state index in [-0.39, 0.29) is 26.2 Å². The first-order chi connectivity index (χ1) is 15.1. The first kappa shape index (κ1) is 25.4. The van der Waals surface area contributed by atoms with Gasteiger partial charge in [-0.2, -0.15) is 13.2 Å². The van der Waals surface area contributed by atoms with Crippen LogP contribution >= 0.6 is 50.7 Å². The van der Waals surface area contributed by atoms with Crippen molar-refractivity contribution in [3.05, 3.63) is 72.6 Å². The van der Waals surface area contributed by atoms with Crippen molar-refractivity contribution in [2.45, 2.75) is 31.9 Å². The molecular formula is C22H19BrCl3F3N2O. The van der Waals surface area contributed by atoms with Crippen LogP contribution in [0.4, 0.5) is 13.2 Å². The van der Waals surface area contributed by atoms with E-state index in [0.717, 1.165) is 25.3 Å². The SMILES string of the molecule is O=C(NN1CCCCC1)c1cccc(Br)c1/C(=C/CC(F)(F)F)c1cc(Cl)c(Cl)c(Cl)c1. The Morgan fingerprint density at radius 2 is 1.72 bits per heavy atom. The van der Waals surface area contributed by atoms with Crippen molar-refractivity contribution in [2.24, 2.45) is 0 Å². The van der Waals surface area contributed by atoms with E-state index in [0.29, 0.717) is 28.7 Å². The first-order valence-corrected chi connectivity index (χ1v) is 11.8. The van der Waals surface area contributed by atoms with E-state index < -0.39 is 18.5 Å². The molecular weight excluding hydrogens is 552 g/mol. The molecule has 32 heavy (non-hydrogen) atoms. The highest BCUT2D eigenvalue weighted by molar-refractivity contribution is 9.10. The van der Waals surface area contributed by atoms with E-state index in [2.05, 4.69) is 21.4 Å². The van der Waals surface area contributed by atoms with Crippen LogP contribution in [-0.4, -0.2) is 30.2 Å². The minimum atomic E-state index is -4.44. The zero-order valence-corrected chi connectivity index (χ0v) is 20.6. The summed E-state index contributed by atoms with van der Waals surface area (Å²) in [6, 6.07) is 7.75. The molecule has 172 valence electrons. The molecule has 0 radical (unpaired) electrons. The van der Waals surface area contributed by atoms with Crippen LogP contribution in [0.3, 0.4) is 0 Å². The smallest absolute Gasteiger partial charge is 0.285 e. The van der Waals surface area contributed by atoms with Crippen molar-refractivity contribution < 1.29 is 18.0 Å². The van der Waals surface area contributed by atoms with Crippen molar-refractivity contribution in [1.82, 2.24) is 10.4 Å². The maximum atomic E-state index is 13.1. The fraction of sp³-hybridized carbons (Fsp3) is 0.318. The number of allylic oxidation sites excluding steroid dienone is 1. The highest BCUT2D eigenvalue weighted by Gasteiger charge is 2.28. The molecule has 1 saturated heterocycles. The van der Waals surface area contributed by atoms with Gasteiger partial charge in [-0.15, -0.1) is 0 Å².